The number of carbonyl (C=O) groups excluding carboxylic acids is 1. The summed E-state index contributed by atoms with van der Waals surface area (Å²) in [6, 6.07) is 11.2. The zero-order valence-corrected chi connectivity index (χ0v) is 14.6. The maximum atomic E-state index is 12.1. The summed E-state index contributed by atoms with van der Waals surface area (Å²) >= 11 is 0. The third-order valence-corrected chi connectivity index (χ3v) is 3.66. The van der Waals surface area contributed by atoms with Gasteiger partial charge in [0.15, 0.2) is 11.5 Å². The maximum Gasteiger partial charge on any atom is 0.319 e. The molecule has 2 aromatic carbocycles. The molecule has 0 saturated heterocycles. The normalized spacial score (nSPS) is 10.2. The van der Waals surface area contributed by atoms with E-state index in [2.05, 4.69) is 23.6 Å². The van der Waals surface area contributed by atoms with E-state index in [0.29, 0.717) is 30.3 Å². The van der Waals surface area contributed by atoms with Crippen LogP contribution in [0.3, 0.4) is 0 Å². The van der Waals surface area contributed by atoms with Crippen LogP contribution >= 0.6 is 0 Å². The van der Waals surface area contributed by atoms with Gasteiger partial charge in [0.05, 0.1) is 13.7 Å². The molecule has 0 heterocycles. The van der Waals surface area contributed by atoms with E-state index < -0.39 is 0 Å². The highest BCUT2D eigenvalue weighted by Gasteiger charge is 2.08. The van der Waals surface area contributed by atoms with Crippen molar-refractivity contribution in [2.24, 2.45) is 0 Å². The zero-order chi connectivity index (χ0) is 17.5. The first-order valence-corrected chi connectivity index (χ1v) is 7.95. The first-order chi connectivity index (χ1) is 11.5. The topological polar surface area (TPSA) is 59.6 Å². The summed E-state index contributed by atoms with van der Waals surface area (Å²) < 4.78 is 10.7. The Balaban J connectivity index is 1.98. The predicted octanol–water partition coefficient (Wildman–Crippen LogP) is 4.03. The Hall–Kier alpha value is -2.69. The number of hydrogen-bond donors (Lipinski definition) is 2. The number of rotatable bonds is 6. The van der Waals surface area contributed by atoms with Gasteiger partial charge < -0.3 is 20.1 Å². The van der Waals surface area contributed by atoms with Gasteiger partial charge in [-0.1, -0.05) is 23.8 Å². The molecule has 0 bridgehead atoms. The van der Waals surface area contributed by atoms with Crippen molar-refractivity contribution in [1.82, 2.24) is 5.32 Å². The summed E-state index contributed by atoms with van der Waals surface area (Å²) in [6.07, 6.45) is 0. The second kappa shape index (κ2) is 8.24. The molecule has 2 aromatic rings. The number of nitrogens with one attached hydrogen (secondary N) is 2. The molecule has 24 heavy (non-hydrogen) atoms. The summed E-state index contributed by atoms with van der Waals surface area (Å²) in [6.45, 7) is 7.00. The minimum Gasteiger partial charge on any atom is -0.493 e. The smallest absolute Gasteiger partial charge is 0.319 e. The lowest BCUT2D eigenvalue weighted by Crippen LogP contribution is -2.28. The average molecular weight is 328 g/mol. The monoisotopic (exact) mass is 328 g/mol. The van der Waals surface area contributed by atoms with Gasteiger partial charge in [-0.25, -0.2) is 4.79 Å². The summed E-state index contributed by atoms with van der Waals surface area (Å²) in [5.41, 5.74) is 4.12. The Morgan fingerprint density at radius 2 is 1.88 bits per heavy atom. The largest absolute Gasteiger partial charge is 0.493 e. The van der Waals surface area contributed by atoms with Crippen molar-refractivity contribution in [2.75, 3.05) is 19.0 Å². The second-order valence-electron chi connectivity index (χ2n) is 5.54. The molecular formula is C19H24N2O3. The molecule has 0 radical (unpaired) electrons. The molecule has 0 aliphatic rings. The Kier molecular flexibility index (Phi) is 6.07. The standard InChI is InChI=1S/C19H24N2O3/c1-5-24-18-11-16(8-9-17(18)23-4)21-19(22)20-12-15-7-6-13(2)10-14(15)3/h6-11H,5,12H2,1-4H3,(H2,20,21,22). The number of methoxy groups -OCH3 is 1. The number of anilines is 1. The van der Waals surface area contributed by atoms with E-state index in [1.165, 1.54) is 11.1 Å². The van der Waals surface area contributed by atoms with Gasteiger partial charge in [-0.2, -0.15) is 0 Å². The van der Waals surface area contributed by atoms with Crippen molar-refractivity contribution < 1.29 is 14.3 Å². The number of benzene rings is 2. The second-order valence-corrected chi connectivity index (χ2v) is 5.54. The predicted molar refractivity (Wildman–Crippen MR) is 95.9 cm³/mol. The Morgan fingerprint density at radius 3 is 2.54 bits per heavy atom. The van der Waals surface area contributed by atoms with Gasteiger partial charge in [0.2, 0.25) is 0 Å². The van der Waals surface area contributed by atoms with E-state index in [4.69, 9.17) is 9.47 Å². The lowest BCUT2D eigenvalue weighted by Gasteiger charge is -2.13. The zero-order valence-electron chi connectivity index (χ0n) is 14.6. The van der Waals surface area contributed by atoms with Crippen LogP contribution < -0.4 is 20.1 Å². The fraction of sp³-hybridized carbons (Fsp3) is 0.316. The van der Waals surface area contributed by atoms with Gasteiger partial charge in [0.1, 0.15) is 0 Å². The van der Waals surface area contributed by atoms with Gasteiger partial charge in [0, 0.05) is 18.3 Å². The highest BCUT2D eigenvalue weighted by molar-refractivity contribution is 5.89. The fourth-order valence-electron chi connectivity index (χ4n) is 2.42. The highest BCUT2D eigenvalue weighted by atomic mass is 16.5. The summed E-state index contributed by atoms with van der Waals surface area (Å²) in [5, 5.41) is 5.67. The quantitative estimate of drug-likeness (QED) is 0.841. The maximum absolute atomic E-state index is 12.1. The molecule has 0 aliphatic heterocycles. The van der Waals surface area contributed by atoms with Crippen LogP contribution in [0.25, 0.3) is 0 Å². The summed E-state index contributed by atoms with van der Waals surface area (Å²) in [4.78, 5) is 12.1. The molecule has 0 saturated carbocycles. The molecule has 2 amide bonds. The third-order valence-electron chi connectivity index (χ3n) is 3.66. The first-order valence-electron chi connectivity index (χ1n) is 7.95. The molecule has 128 valence electrons. The number of amides is 2. The Labute approximate surface area is 143 Å². The number of urea groups is 1. The molecule has 0 fully saturated rings. The molecule has 5 heteroatoms. The summed E-state index contributed by atoms with van der Waals surface area (Å²) in [7, 11) is 1.58. The van der Waals surface area contributed by atoms with Crippen LogP contribution in [0.5, 0.6) is 11.5 Å². The Morgan fingerprint density at radius 1 is 1.08 bits per heavy atom. The number of hydrogen-bond acceptors (Lipinski definition) is 3. The van der Waals surface area contributed by atoms with Crippen LogP contribution in [0.4, 0.5) is 10.5 Å². The number of aryl methyl sites for hydroxylation is 2. The van der Waals surface area contributed by atoms with Crippen molar-refractivity contribution in [1.29, 1.82) is 0 Å². The van der Waals surface area contributed by atoms with Crippen LogP contribution in [0.1, 0.15) is 23.6 Å². The van der Waals surface area contributed by atoms with E-state index in [1.807, 2.05) is 26.0 Å². The van der Waals surface area contributed by atoms with Crippen LogP contribution in [-0.2, 0) is 6.54 Å². The van der Waals surface area contributed by atoms with Crippen LogP contribution in [0.2, 0.25) is 0 Å². The van der Waals surface area contributed by atoms with Gasteiger partial charge >= 0.3 is 6.03 Å². The highest BCUT2D eigenvalue weighted by Crippen LogP contribution is 2.30. The van der Waals surface area contributed by atoms with E-state index in [9.17, 15) is 4.79 Å². The minimum atomic E-state index is -0.261. The molecule has 0 atom stereocenters. The third kappa shape index (κ3) is 4.65. The molecule has 5 nitrogen and oxygen atoms in total. The van der Waals surface area contributed by atoms with Crippen LogP contribution in [-0.4, -0.2) is 19.7 Å². The van der Waals surface area contributed by atoms with Gasteiger partial charge in [-0.3, -0.25) is 0 Å². The Bertz CT molecular complexity index is 714. The van der Waals surface area contributed by atoms with Crippen LogP contribution in [0.15, 0.2) is 36.4 Å². The fourth-order valence-corrected chi connectivity index (χ4v) is 2.42. The molecule has 0 spiro atoms. The van der Waals surface area contributed by atoms with E-state index in [-0.39, 0.29) is 6.03 Å². The van der Waals surface area contributed by atoms with Crippen molar-refractivity contribution >= 4 is 11.7 Å². The lowest BCUT2D eigenvalue weighted by atomic mass is 10.1. The first kappa shape index (κ1) is 17.7. The SMILES string of the molecule is CCOc1cc(NC(=O)NCc2ccc(C)cc2C)ccc1OC. The summed E-state index contributed by atoms with van der Waals surface area (Å²) in [5.74, 6) is 1.24. The van der Waals surface area contributed by atoms with Gasteiger partial charge in [-0.05, 0) is 44.0 Å². The van der Waals surface area contributed by atoms with E-state index in [0.717, 1.165) is 5.56 Å². The molecule has 0 aromatic heterocycles. The average Bonchev–Trinajstić information content (AvgIpc) is 2.54. The molecule has 0 unspecified atom stereocenters. The molecule has 2 N–H and O–H groups in total. The molecule has 0 aliphatic carbocycles. The lowest BCUT2D eigenvalue weighted by molar-refractivity contribution is 0.251. The minimum absolute atomic E-state index is 0.261. The van der Waals surface area contributed by atoms with Crippen LogP contribution in [0, 0.1) is 13.8 Å². The van der Waals surface area contributed by atoms with Crippen molar-refractivity contribution in [3.63, 3.8) is 0 Å². The molecule has 2 rings (SSSR count). The van der Waals surface area contributed by atoms with Crippen molar-refractivity contribution in [3.8, 4) is 11.5 Å². The number of ether oxygens (including phenoxy) is 2. The van der Waals surface area contributed by atoms with Gasteiger partial charge in [-0.15, -0.1) is 0 Å². The number of carbonyl (C=O) groups is 1. The van der Waals surface area contributed by atoms with Gasteiger partial charge in [0.25, 0.3) is 0 Å². The van der Waals surface area contributed by atoms with E-state index in [1.54, 1.807) is 25.3 Å². The van der Waals surface area contributed by atoms with E-state index >= 15 is 0 Å². The van der Waals surface area contributed by atoms with Crippen molar-refractivity contribution in [2.45, 2.75) is 27.3 Å². The van der Waals surface area contributed by atoms with Crippen molar-refractivity contribution in [3.05, 3.63) is 53.1 Å². The molecular weight excluding hydrogens is 304 g/mol.